The second kappa shape index (κ2) is 5.27. The van der Waals surface area contributed by atoms with E-state index >= 15 is 0 Å². The van der Waals surface area contributed by atoms with Crippen molar-refractivity contribution in [3.63, 3.8) is 0 Å². The van der Waals surface area contributed by atoms with Crippen LogP contribution < -0.4 is 10.2 Å². The van der Waals surface area contributed by atoms with Gasteiger partial charge in [-0.2, -0.15) is 0 Å². The van der Waals surface area contributed by atoms with E-state index in [1.54, 1.807) is 0 Å². The molecule has 0 aliphatic rings. The monoisotopic (exact) mass is 332 g/mol. The molecule has 2 aromatic carbocycles. The number of aromatic hydroxyl groups is 5. The Balaban J connectivity index is 2.35. The van der Waals surface area contributed by atoms with Crippen LogP contribution in [0, 0.1) is 0 Å². The summed E-state index contributed by atoms with van der Waals surface area (Å²) in [6.45, 7) is 0. The van der Waals surface area contributed by atoms with E-state index in [9.17, 15) is 30.3 Å². The Kier molecular flexibility index (Phi) is 3.37. The topological polar surface area (TPSA) is 141 Å². The van der Waals surface area contributed by atoms with Crippen LogP contribution in [-0.4, -0.2) is 32.6 Å². The third-order valence-electron chi connectivity index (χ3n) is 3.50. The quantitative estimate of drug-likeness (QED) is 0.449. The summed E-state index contributed by atoms with van der Waals surface area (Å²) in [5.41, 5.74) is -0.850. The lowest BCUT2D eigenvalue weighted by molar-refractivity contribution is 0.367. The van der Waals surface area contributed by atoms with Crippen molar-refractivity contribution in [3.05, 3.63) is 34.5 Å². The van der Waals surface area contributed by atoms with Crippen LogP contribution in [0.3, 0.4) is 0 Å². The molecule has 3 rings (SSSR count). The molecule has 0 atom stereocenters. The molecule has 0 unspecified atom stereocenters. The molecular weight excluding hydrogens is 320 g/mol. The number of hydrogen-bond acceptors (Lipinski definition) is 8. The second-order valence-corrected chi connectivity index (χ2v) is 4.99. The van der Waals surface area contributed by atoms with Crippen molar-refractivity contribution in [1.82, 2.24) is 0 Å². The first-order valence-corrected chi connectivity index (χ1v) is 6.65. The van der Waals surface area contributed by atoms with E-state index in [0.29, 0.717) is 0 Å². The van der Waals surface area contributed by atoms with Crippen LogP contribution in [0.5, 0.6) is 34.5 Å². The maximum Gasteiger partial charge on any atom is 0.235 e. The Morgan fingerprint density at radius 2 is 1.50 bits per heavy atom. The third kappa shape index (κ3) is 2.21. The largest absolute Gasteiger partial charge is 0.504 e. The zero-order chi connectivity index (χ0) is 17.6. The van der Waals surface area contributed by atoms with Crippen molar-refractivity contribution in [2.45, 2.75) is 0 Å². The maximum atomic E-state index is 12.3. The highest BCUT2D eigenvalue weighted by Crippen LogP contribution is 2.41. The average Bonchev–Trinajstić information content (AvgIpc) is 2.55. The highest BCUT2D eigenvalue weighted by molar-refractivity contribution is 5.85. The maximum absolute atomic E-state index is 12.3. The van der Waals surface area contributed by atoms with Crippen molar-refractivity contribution in [3.8, 4) is 45.8 Å². The Bertz CT molecular complexity index is 996. The number of phenols is 4. The Morgan fingerprint density at radius 3 is 2.08 bits per heavy atom. The van der Waals surface area contributed by atoms with Gasteiger partial charge in [0.1, 0.15) is 5.58 Å². The molecule has 5 N–H and O–H groups in total. The summed E-state index contributed by atoms with van der Waals surface area (Å²) in [6, 6.07) is 4.37. The van der Waals surface area contributed by atoms with Gasteiger partial charge in [-0.3, -0.25) is 4.79 Å². The van der Waals surface area contributed by atoms with Gasteiger partial charge in [-0.1, -0.05) is 0 Å². The molecule has 0 fully saturated rings. The molecule has 0 saturated carbocycles. The third-order valence-corrected chi connectivity index (χ3v) is 3.50. The van der Waals surface area contributed by atoms with Crippen LogP contribution in [0.25, 0.3) is 22.3 Å². The molecule has 0 spiro atoms. The normalized spacial score (nSPS) is 10.9. The lowest BCUT2D eigenvalue weighted by Gasteiger charge is -2.10. The van der Waals surface area contributed by atoms with Crippen molar-refractivity contribution < 1.29 is 34.7 Å². The van der Waals surface area contributed by atoms with Crippen LogP contribution in [0.1, 0.15) is 0 Å². The molecule has 0 bridgehead atoms. The van der Waals surface area contributed by atoms with Crippen molar-refractivity contribution in [1.29, 1.82) is 0 Å². The van der Waals surface area contributed by atoms with E-state index in [4.69, 9.17) is 9.15 Å². The Labute approximate surface area is 134 Å². The van der Waals surface area contributed by atoms with Gasteiger partial charge < -0.3 is 34.7 Å². The number of ether oxygens (including phenoxy) is 1. The first-order chi connectivity index (χ1) is 11.3. The number of fused-ring (bicyclic) bond motifs is 1. The number of benzene rings is 2. The van der Waals surface area contributed by atoms with E-state index < -0.39 is 28.4 Å². The van der Waals surface area contributed by atoms with Gasteiger partial charge in [0.15, 0.2) is 34.5 Å². The number of rotatable bonds is 2. The molecule has 0 radical (unpaired) electrons. The van der Waals surface area contributed by atoms with Crippen molar-refractivity contribution in [2.75, 3.05) is 7.11 Å². The molecule has 0 saturated heterocycles. The summed E-state index contributed by atoms with van der Waals surface area (Å²) in [5.74, 6) is -3.41. The number of hydrogen-bond donors (Lipinski definition) is 5. The fourth-order valence-corrected chi connectivity index (χ4v) is 2.30. The summed E-state index contributed by atoms with van der Waals surface area (Å²) in [4.78, 5) is 12.3. The fourth-order valence-electron chi connectivity index (χ4n) is 2.30. The summed E-state index contributed by atoms with van der Waals surface area (Å²) >= 11 is 0. The summed E-state index contributed by atoms with van der Waals surface area (Å²) in [7, 11) is 1.32. The first kappa shape index (κ1) is 15.3. The Morgan fingerprint density at radius 1 is 0.875 bits per heavy atom. The Hall–Kier alpha value is -3.55. The first-order valence-electron chi connectivity index (χ1n) is 6.65. The average molecular weight is 332 g/mol. The smallest absolute Gasteiger partial charge is 0.235 e. The molecule has 3 aromatic rings. The van der Waals surface area contributed by atoms with Crippen LogP contribution in [0.2, 0.25) is 0 Å². The van der Waals surface area contributed by atoms with Gasteiger partial charge in [0, 0.05) is 11.6 Å². The van der Waals surface area contributed by atoms with Gasteiger partial charge in [-0.05, 0) is 18.2 Å². The predicted octanol–water partition coefficient (Wildman–Crippen LogP) is 2.00. The molecule has 1 heterocycles. The van der Waals surface area contributed by atoms with Crippen LogP contribution in [-0.2, 0) is 0 Å². The molecular formula is C16H12O8. The molecule has 8 nitrogen and oxygen atoms in total. The number of phenolic OH excluding ortho intramolecular Hbond substituents is 4. The minimum Gasteiger partial charge on any atom is -0.504 e. The summed E-state index contributed by atoms with van der Waals surface area (Å²) in [6.07, 6.45) is 0. The van der Waals surface area contributed by atoms with Crippen LogP contribution >= 0.6 is 0 Å². The van der Waals surface area contributed by atoms with E-state index in [2.05, 4.69) is 0 Å². The van der Waals surface area contributed by atoms with Gasteiger partial charge in [0.2, 0.25) is 11.2 Å². The zero-order valence-corrected chi connectivity index (χ0v) is 12.3. The van der Waals surface area contributed by atoms with Gasteiger partial charge >= 0.3 is 0 Å². The molecule has 1 aromatic heterocycles. The van der Waals surface area contributed by atoms with Crippen molar-refractivity contribution in [2.24, 2.45) is 0 Å². The highest BCUT2D eigenvalue weighted by Gasteiger charge is 2.20. The molecule has 0 aliphatic carbocycles. The molecule has 8 heteroatoms. The van der Waals surface area contributed by atoms with E-state index in [1.807, 2.05) is 0 Å². The molecule has 124 valence electrons. The van der Waals surface area contributed by atoms with Gasteiger partial charge in [0.05, 0.1) is 12.5 Å². The standard InChI is InChI=1S/C16H12O8/c1-23-12-5-11-7(4-8(12)17)13(20)15(22)16(24-11)6-2-9(18)14(21)10(19)3-6/h2-5,17-19,21-22H,1H3. The molecule has 0 aliphatic heterocycles. The highest BCUT2D eigenvalue weighted by atomic mass is 16.5. The number of methoxy groups -OCH3 is 1. The SMILES string of the molecule is COc1cc2oc(-c3cc(O)c(O)c(O)c3)c(O)c(=O)c2cc1O. The molecule has 0 amide bonds. The minimum atomic E-state index is -0.823. The fraction of sp³-hybridized carbons (Fsp3) is 0.0625. The van der Waals surface area contributed by atoms with Gasteiger partial charge in [-0.25, -0.2) is 0 Å². The lowest BCUT2D eigenvalue weighted by Crippen LogP contribution is -2.03. The van der Waals surface area contributed by atoms with Gasteiger partial charge in [0.25, 0.3) is 0 Å². The van der Waals surface area contributed by atoms with E-state index in [1.165, 1.54) is 13.2 Å². The van der Waals surface area contributed by atoms with Gasteiger partial charge in [-0.15, -0.1) is 0 Å². The lowest BCUT2D eigenvalue weighted by atomic mass is 10.1. The summed E-state index contributed by atoms with van der Waals surface area (Å²) in [5, 5.41) is 48.2. The second-order valence-electron chi connectivity index (χ2n) is 4.99. The minimum absolute atomic E-state index is 0.00880. The van der Waals surface area contributed by atoms with Crippen LogP contribution in [0.4, 0.5) is 0 Å². The predicted molar refractivity (Wildman–Crippen MR) is 82.8 cm³/mol. The zero-order valence-electron chi connectivity index (χ0n) is 12.3. The molecule has 24 heavy (non-hydrogen) atoms. The van der Waals surface area contributed by atoms with Crippen molar-refractivity contribution >= 4 is 11.0 Å². The van der Waals surface area contributed by atoms with E-state index in [0.717, 1.165) is 18.2 Å². The van der Waals surface area contributed by atoms with Crippen LogP contribution in [0.15, 0.2) is 33.5 Å². The van der Waals surface area contributed by atoms with E-state index in [-0.39, 0.29) is 33.8 Å². The summed E-state index contributed by atoms with van der Waals surface area (Å²) < 4.78 is 10.4.